The zero-order chi connectivity index (χ0) is 13.8. The quantitative estimate of drug-likeness (QED) is 0.716. The zero-order valence-corrected chi connectivity index (χ0v) is 11.2. The van der Waals surface area contributed by atoms with E-state index in [-0.39, 0.29) is 18.9 Å². The molecule has 0 saturated carbocycles. The highest BCUT2D eigenvalue weighted by Crippen LogP contribution is 2.32. The van der Waals surface area contributed by atoms with Crippen molar-refractivity contribution in [3.63, 3.8) is 0 Å². The van der Waals surface area contributed by atoms with E-state index in [1.165, 1.54) is 0 Å². The van der Waals surface area contributed by atoms with Gasteiger partial charge in [-0.25, -0.2) is 4.79 Å². The number of aliphatic hydroxyl groups is 1. The van der Waals surface area contributed by atoms with Gasteiger partial charge in [-0.05, 0) is 24.8 Å². The Bertz CT molecular complexity index is 375. The second-order valence-corrected chi connectivity index (χ2v) is 4.36. The van der Waals surface area contributed by atoms with E-state index in [1.807, 2.05) is 13.8 Å². The molecule has 1 rings (SSSR count). The maximum absolute atomic E-state index is 12.0. The van der Waals surface area contributed by atoms with E-state index >= 15 is 0 Å². The summed E-state index contributed by atoms with van der Waals surface area (Å²) < 4.78 is 4.92. The number of carbonyl (C=O) groups is 2. The van der Waals surface area contributed by atoms with Crippen molar-refractivity contribution in [2.75, 3.05) is 13.2 Å². The Balaban J connectivity index is 3.09. The van der Waals surface area contributed by atoms with Crippen LogP contribution in [0.15, 0.2) is 11.1 Å². The van der Waals surface area contributed by atoms with Crippen LogP contribution in [0.2, 0.25) is 0 Å². The molecule has 5 nitrogen and oxygen atoms in total. The maximum atomic E-state index is 12.0. The Morgan fingerprint density at radius 3 is 2.61 bits per heavy atom. The first-order valence-electron chi connectivity index (χ1n) is 6.41. The maximum Gasteiger partial charge on any atom is 0.342 e. The molecule has 1 amide bonds. The van der Waals surface area contributed by atoms with E-state index in [2.05, 4.69) is 5.32 Å². The number of nitrogens with one attached hydrogen (secondary N) is 1. The lowest BCUT2D eigenvalue weighted by molar-refractivity contribution is -0.163. The van der Waals surface area contributed by atoms with Crippen LogP contribution in [0, 0.1) is 0 Å². The van der Waals surface area contributed by atoms with Crippen molar-refractivity contribution < 1.29 is 19.4 Å². The van der Waals surface area contributed by atoms with Crippen molar-refractivity contribution in [2.24, 2.45) is 0 Å². The summed E-state index contributed by atoms with van der Waals surface area (Å²) in [6, 6.07) is 0. The van der Waals surface area contributed by atoms with Gasteiger partial charge in [-0.15, -0.1) is 0 Å². The smallest absolute Gasteiger partial charge is 0.342 e. The summed E-state index contributed by atoms with van der Waals surface area (Å²) in [7, 11) is 0. The average molecular weight is 255 g/mol. The molecule has 102 valence electrons. The van der Waals surface area contributed by atoms with E-state index in [9.17, 15) is 14.7 Å². The Kier molecular flexibility index (Phi) is 4.90. The summed E-state index contributed by atoms with van der Waals surface area (Å²) in [4.78, 5) is 23.6. The molecule has 18 heavy (non-hydrogen) atoms. The molecular formula is C13H21NO4. The predicted molar refractivity (Wildman–Crippen MR) is 66.8 cm³/mol. The van der Waals surface area contributed by atoms with Crippen molar-refractivity contribution >= 4 is 11.9 Å². The van der Waals surface area contributed by atoms with Crippen LogP contribution in [0.1, 0.15) is 40.0 Å². The Morgan fingerprint density at radius 1 is 1.44 bits per heavy atom. The van der Waals surface area contributed by atoms with Crippen LogP contribution >= 0.6 is 0 Å². The zero-order valence-electron chi connectivity index (χ0n) is 11.2. The third-order valence-electron chi connectivity index (χ3n) is 3.22. The third-order valence-corrected chi connectivity index (χ3v) is 3.22. The van der Waals surface area contributed by atoms with Crippen LogP contribution in [0.3, 0.4) is 0 Å². The molecule has 1 atom stereocenters. The van der Waals surface area contributed by atoms with Crippen LogP contribution in [-0.4, -0.2) is 35.7 Å². The fourth-order valence-electron chi connectivity index (χ4n) is 2.13. The second kappa shape index (κ2) is 6.00. The summed E-state index contributed by atoms with van der Waals surface area (Å²) in [6.07, 6.45) is 1.49. The molecule has 0 spiro atoms. The van der Waals surface area contributed by atoms with Gasteiger partial charge in [0.15, 0.2) is 5.60 Å². The first kappa shape index (κ1) is 14.7. The van der Waals surface area contributed by atoms with Crippen molar-refractivity contribution in [1.29, 1.82) is 0 Å². The minimum Gasteiger partial charge on any atom is -0.458 e. The SMILES string of the molecule is CCCNC(=O)C1=C(CC)[C@@](O)(CC)C(=O)OC1. The van der Waals surface area contributed by atoms with Gasteiger partial charge in [0.1, 0.15) is 6.61 Å². The molecule has 2 N–H and O–H groups in total. The first-order chi connectivity index (χ1) is 8.51. The minimum absolute atomic E-state index is 0.0557. The first-order valence-corrected chi connectivity index (χ1v) is 6.41. The van der Waals surface area contributed by atoms with Crippen LogP contribution in [0.5, 0.6) is 0 Å². The largest absolute Gasteiger partial charge is 0.458 e. The van der Waals surface area contributed by atoms with Gasteiger partial charge in [0.2, 0.25) is 0 Å². The molecule has 0 aromatic carbocycles. The lowest BCUT2D eigenvalue weighted by Crippen LogP contribution is -2.48. The molecule has 0 aliphatic carbocycles. The number of ether oxygens (including phenoxy) is 1. The van der Waals surface area contributed by atoms with Gasteiger partial charge in [-0.2, -0.15) is 0 Å². The number of hydrogen-bond acceptors (Lipinski definition) is 4. The Hall–Kier alpha value is -1.36. The Morgan fingerprint density at radius 2 is 2.11 bits per heavy atom. The van der Waals surface area contributed by atoms with Gasteiger partial charge in [-0.3, -0.25) is 4.79 Å². The molecule has 0 aromatic heterocycles. The van der Waals surface area contributed by atoms with Gasteiger partial charge in [-0.1, -0.05) is 20.8 Å². The van der Waals surface area contributed by atoms with Gasteiger partial charge in [0, 0.05) is 6.54 Å². The summed E-state index contributed by atoms with van der Waals surface area (Å²) in [5.74, 6) is -0.915. The topological polar surface area (TPSA) is 75.6 Å². The standard InChI is InChI=1S/C13H21NO4/c1-4-7-14-11(15)9-8-18-12(16)13(17,6-3)10(9)5-2/h17H,4-8H2,1-3H3,(H,14,15)/t13-/m0/s1. The number of amides is 1. The van der Waals surface area contributed by atoms with Gasteiger partial charge < -0.3 is 15.2 Å². The van der Waals surface area contributed by atoms with Crippen molar-refractivity contribution in [1.82, 2.24) is 5.32 Å². The summed E-state index contributed by atoms with van der Waals surface area (Å²) in [5.41, 5.74) is -0.781. The summed E-state index contributed by atoms with van der Waals surface area (Å²) in [5, 5.41) is 13.1. The Labute approximate surface area is 107 Å². The number of cyclic esters (lactones) is 1. The molecule has 1 heterocycles. The summed E-state index contributed by atoms with van der Waals surface area (Å²) >= 11 is 0. The van der Waals surface area contributed by atoms with Crippen molar-refractivity contribution in [3.05, 3.63) is 11.1 Å². The fourth-order valence-corrected chi connectivity index (χ4v) is 2.13. The monoisotopic (exact) mass is 255 g/mol. The second-order valence-electron chi connectivity index (χ2n) is 4.36. The number of carbonyl (C=O) groups excluding carboxylic acids is 2. The van der Waals surface area contributed by atoms with E-state index in [0.717, 1.165) is 6.42 Å². The highest BCUT2D eigenvalue weighted by Gasteiger charge is 2.44. The van der Waals surface area contributed by atoms with Crippen molar-refractivity contribution in [2.45, 2.75) is 45.6 Å². The fraction of sp³-hybridized carbons (Fsp3) is 0.692. The number of esters is 1. The average Bonchev–Trinajstić information content (AvgIpc) is 2.38. The van der Waals surface area contributed by atoms with E-state index in [4.69, 9.17) is 4.74 Å². The lowest BCUT2D eigenvalue weighted by Gasteiger charge is -2.33. The third kappa shape index (κ3) is 2.56. The van der Waals surface area contributed by atoms with Crippen LogP contribution in [0.25, 0.3) is 0 Å². The highest BCUT2D eigenvalue weighted by molar-refractivity contribution is 5.99. The summed E-state index contributed by atoms with van der Waals surface area (Å²) in [6.45, 7) is 5.99. The van der Waals surface area contributed by atoms with E-state index in [0.29, 0.717) is 24.1 Å². The molecular weight excluding hydrogens is 234 g/mol. The molecule has 1 aliphatic rings. The van der Waals surface area contributed by atoms with Gasteiger partial charge >= 0.3 is 5.97 Å². The normalized spacial score (nSPS) is 23.9. The molecule has 0 saturated heterocycles. The van der Waals surface area contributed by atoms with E-state index in [1.54, 1.807) is 6.92 Å². The molecule has 0 unspecified atom stereocenters. The number of rotatable bonds is 5. The van der Waals surface area contributed by atoms with E-state index < -0.39 is 11.6 Å². The molecule has 0 bridgehead atoms. The van der Waals surface area contributed by atoms with Crippen molar-refractivity contribution in [3.8, 4) is 0 Å². The molecule has 0 radical (unpaired) electrons. The van der Waals surface area contributed by atoms with Gasteiger partial charge in [0.05, 0.1) is 5.57 Å². The minimum atomic E-state index is -1.65. The molecule has 0 aromatic rings. The van der Waals surface area contributed by atoms with Crippen LogP contribution in [-0.2, 0) is 14.3 Å². The number of hydrogen-bond donors (Lipinski definition) is 2. The lowest BCUT2D eigenvalue weighted by atomic mass is 9.83. The molecule has 1 aliphatic heterocycles. The molecule has 5 heteroatoms. The highest BCUT2D eigenvalue weighted by atomic mass is 16.6. The van der Waals surface area contributed by atoms with Crippen LogP contribution < -0.4 is 5.32 Å². The van der Waals surface area contributed by atoms with Gasteiger partial charge in [0.25, 0.3) is 5.91 Å². The van der Waals surface area contributed by atoms with Crippen LogP contribution in [0.4, 0.5) is 0 Å². The predicted octanol–water partition coefficient (Wildman–Crippen LogP) is 0.917. The molecule has 0 fully saturated rings.